The van der Waals surface area contributed by atoms with Crippen LogP contribution in [0.15, 0.2) is 18.5 Å². The minimum atomic E-state index is 0.415. The average Bonchev–Trinajstić information content (AvgIpc) is 2.90. The summed E-state index contributed by atoms with van der Waals surface area (Å²) in [6.45, 7) is 3.54. The third-order valence-corrected chi connectivity index (χ3v) is 1.95. The summed E-state index contributed by atoms with van der Waals surface area (Å²) in [5.41, 5.74) is 1.19. The monoisotopic (exact) mass is 179 g/mol. The lowest BCUT2D eigenvalue weighted by Gasteiger charge is -2.03. The van der Waals surface area contributed by atoms with Gasteiger partial charge in [0.05, 0.1) is 25.5 Å². The van der Waals surface area contributed by atoms with Gasteiger partial charge in [0.2, 0.25) is 0 Å². The molecule has 13 heavy (non-hydrogen) atoms. The predicted molar refractivity (Wildman–Crippen MR) is 48.9 cm³/mol. The van der Waals surface area contributed by atoms with Crippen molar-refractivity contribution in [1.29, 1.82) is 0 Å². The molecule has 1 aromatic rings. The molecule has 3 heteroatoms. The van der Waals surface area contributed by atoms with Gasteiger partial charge in [-0.25, -0.2) is 0 Å². The van der Waals surface area contributed by atoms with E-state index in [-0.39, 0.29) is 0 Å². The van der Waals surface area contributed by atoms with E-state index in [1.54, 1.807) is 6.20 Å². The van der Waals surface area contributed by atoms with Gasteiger partial charge in [-0.1, -0.05) is 0 Å². The van der Waals surface area contributed by atoms with E-state index < -0.39 is 0 Å². The first-order valence-electron chi connectivity index (χ1n) is 4.57. The van der Waals surface area contributed by atoms with Gasteiger partial charge in [-0.2, -0.15) is 0 Å². The molecule has 0 bridgehead atoms. The van der Waals surface area contributed by atoms with Crippen molar-refractivity contribution in [1.82, 2.24) is 4.98 Å². The van der Waals surface area contributed by atoms with Gasteiger partial charge in [0, 0.05) is 12.6 Å². The molecule has 0 N–H and O–H groups in total. The number of epoxide rings is 1. The van der Waals surface area contributed by atoms with Gasteiger partial charge in [0.25, 0.3) is 0 Å². The Morgan fingerprint density at radius 1 is 1.62 bits per heavy atom. The van der Waals surface area contributed by atoms with Crippen molar-refractivity contribution in [3.05, 3.63) is 24.0 Å². The Bertz CT molecular complexity index is 284. The molecule has 0 aromatic carbocycles. The number of nitrogens with zero attached hydrogens (tertiary/aromatic N) is 1. The SMILES string of the molecule is CCOc1cncc(CC2CO2)c1. The molecule has 0 radical (unpaired) electrons. The molecule has 1 aliphatic rings. The van der Waals surface area contributed by atoms with Gasteiger partial charge in [0.1, 0.15) is 5.75 Å². The van der Waals surface area contributed by atoms with Crippen molar-refractivity contribution in [3.63, 3.8) is 0 Å². The fourth-order valence-corrected chi connectivity index (χ4v) is 1.27. The van der Waals surface area contributed by atoms with E-state index in [1.165, 1.54) is 5.56 Å². The predicted octanol–water partition coefficient (Wildman–Crippen LogP) is 1.42. The molecule has 0 aliphatic carbocycles. The molecule has 0 saturated carbocycles. The first-order valence-corrected chi connectivity index (χ1v) is 4.57. The number of pyridine rings is 1. The minimum absolute atomic E-state index is 0.415. The van der Waals surface area contributed by atoms with Crippen molar-refractivity contribution >= 4 is 0 Å². The van der Waals surface area contributed by atoms with E-state index in [0.29, 0.717) is 12.7 Å². The third-order valence-electron chi connectivity index (χ3n) is 1.95. The summed E-state index contributed by atoms with van der Waals surface area (Å²) in [4.78, 5) is 4.10. The minimum Gasteiger partial charge on any atom is -0.492 e. The number of hydrogen-bond donors (Lipinski definition) is 0. The van der Waals surface area contributed by atoms with E-state index in [4.69, 9.17) is 9.47 Å². The highest BCUT2D eigenvalue weighted by Gasteiger charge is 2.22. The van der Waals surface area contributed by atoms with Crippen LogP contribution in [0.1, 0.15) is 12.5 Å². The smallest absolute Gasteiger partial charge is 0.137 e. The molecule has 1 saturated heterocycles. The van der Waals surface area contributed by atoms with Crippen LogP contribution in [-0.4, -0.2) is 24.3 Å². The lowest BCUT2D eigenvalue weighted by atomic mass is 10.2. The molecule has 0 amide bonds. The second-order valence-electron chi connectivity index (χ2n) is 3.12. The van der Waals surface area contributed by atoms with Gasteiger partial charge in [-0.15, -0.1) is 0 Å². The largest absolute Gasteiger partial charge is 0.492 e. The molecular formula is C10H13NO2. The first-order chi connectivity index (χ1) is 6.38. The second-order valence-corrected chi connectivity index (χ2v) is 3.12. The maximum absolute atomic E-state index is 5.35. The highest BCUT2D eigenvalue weighted by molar-refractivity contribution is 5.24. The highest BCUT2D eigenvalue weighted by Crippen LogP contribution is 2.18. The van der Waals surface area contributed by atoms with E-state index in [1.807, 2.05) is 19.2 Å². The Hall–Kier alpha value is -1.09. The summed E-state index contributed by atoms with van der Waals surface area (Å²) < 4.78 is 10.5. The molecule has 1 atom stereocenters. The van der Waals surface area contributed by atoms with Crippen molar-refractivity contribution < 1.29 is 9.47 Å². The van der Waals surface area contributed by atoms with Crippen LogP contribution in [-0.2, 0) is 11.2 Å². The maximum Gasteiger partial charge on any atom is 0.137 e. The van der Waals surface area contributed by atoms with Gasteiger partial charge < -0.3 is 9.47 Å². The van der Waals surface area contributed by atoms with Crippen LogP contribution in [0.3, 0.4) is 0 Å². The fourth-order valence-electron chi connectivity index (χ4n) is 1.27. The Morgan fingerprint density at radius 2 is 2.46 bits per heavy atom. The zero-order chi connectivity index (χ0) is 9.10. The molecule has 1 aromatic heterocycles. The summed E-state index contributed by atoms with van der Waals surface area (Å²) >= 11 is 0. The number of aromatic nitrogens is 1. The van der Waals surface area contributed by atoms with Gasteiger partial charge in [0.15, 0.2) is 0 Å². The summed E-state index contributed by atoms with van der Waals surface area (Å²) in [5, 5.41) is 0. The molecule has 2 rings (SSSR count). The Kier molecular flexibility index (Phi) is 2.45. The van der Waals surface area contributed by atoms with Crippen LogP contribution in [0.5, 0.6) is 5.75 Å². The summed E-state index contributed by atoms with van der Waals surface area (Å²) in [7, 11) is 0. The normalized spacial score (nSPS) is 19.9. The zero-order valence-electron chi connectivity index (χ0n) is 7.69. The highest BCUT2D eigenvalue weighted by atomic mass is 16.6. The first kappa shape index (κ1) is 8.51. The topological polar surface area (TPSA) is 34.6 Å². The van der Waals surface area contributed by atoms with Crippen LogP contribution in [0.25, 0.3) is 0 Å². The van der Waals surface area contributed by atoms with Crippen LogP contribution in [0.2, 0.25) is 0 Å². The van der Waals surface area contributed by atoms with E-state index in [2.05, 4.69) is 4.98 Å². The molecular weight excluding hydrogens is 166 g/mol. The van der Waals surface area contributed by atoms with Gasteiger partial charge in [-0.3, -0.25) is 4.98 Å². The van der Waals surface area contributed by atoms with Gasteiger partial charge in [-0.05, 0) is 18.6 Å². The maximum atomic E-state index is 5.35. The van der Waals surface area contributed by atoms with E-state index in [0.717, 1.165) is 18.8 Å². The van der Waals surface area contributed by atoms with Crippen molar-refractivity contribution in [2.24, 2.45) is 0 Å². The quantitative estimate of drug-likeness (QED) is 0.656. The Labute approximate surface area is 77.7 Å². The average molecular weight is 179 g/mol. The fraction of sp³-hybridized carbons (Fsp3) is 0.500. The summed E-state index contributed by atoms with van der Waals surface area (Å²) in [5.74, 6) is 0.848. The van der Waals surface area contributed by atoms with Gasteiger partial charge >= 0.3 is 0 Å². The molecule has 3 nitrogen and oxygen atoms in total. The van der Waals surface area contributed by atoms with Crippen LogP contribution >= 0.6 is 0 Å². The third kappa shape index (κ3) is 2.42. The standard InChI is InChI=1S/C10H13NO2/c1-2-12-9-3-8(5-11-6-9)4-10-7-13-10/h3,5-6,10H,2,4,7H2,1H3. The second kappa shape index (κ2) is 3.75. The molecule has 0 spiro atoms. The molecule has 2 heterocycles. The number of ether oxygens (including phenoxy) is 2. The summed E-state index contributed by atoms with van der Waals surface area (Å²) in [6, 6.07) is 2.03. The number of hydrogen-bond acceptors (Lipinski definition) is 3. The molecule has 1 fully saturated rings. The molecule has 70 valence electrons. The molecule has 1 unspecified atom stereocenters. The summed E-state index contributed by atoms with van der Waals surface area (Å²) in [6.07, 6.45) is 4.97. The van der Waals surface area contributed by atoms with Crippen molar-refractivity contribution in [3.8, 4) is 5.75 Å². The zero-order valence-corrected chi connectivity index (χ0v) is 7.69. The Balaban J connectivity index is 2.02. The van der Waals surface area contributed by atoms with Crippen LogP contribution in [0.4, 0.5) is 0 Å². The molecule has 1 aliphatic heterocycles. The lowest BCUT2D eigenvalue weighted by molar-refractivity contribution is 0.338. The van der Waals surface area contributed by atoms with Crippen molar-refractivity contribution in [2.75, 3.05) is 13.2 Å². The Morgan fingerprint density at radius 3 is 3.15 bits per heavy atom. The van der Waals surface area contributed by atoms with Crippen LogP contribution < -0.4 is 4.74 Å². The van der Waals surface area contributed by atoms with E-state index >= 15 is 0 Å². The number of rotatable bonds is 4. The van der Waals surface area contributed by atoms with E-state index in [9.17, 15) is 0 Å². The van der Waals surface area contributed by atoms with Crippen molar-refractivity contribution in [2.45, 2.75) is 19.4 Å². The van der Waals surface area contributed by atoms with Crippen LogP contribution in [0, 0.1) is 0 Å². The lowest BCUT2D eigenvalue weighted by Crippen LogP contribution is -1.97.